The summed E-state index contributed by atoms with van der Waals surface area (Å²) in [6.45, 7) is 6.00. The zero-order valence-corrected chi connectivity index (χ0v) is 10.7. The van der Waals surface area contributed by atoms with Crippen LogP contribution in [0.25, 0.3) is 11.2 Å². The van der Waals surface area contributed by atoms with Gasteiger partial charge in [0.05, 0.1) is 0 Å². The Morgan fingerprint density at radius 2 is 2.24 bits per heavy atom. The second kappa shape index (κ2) is 5.27. The maximum absolute atomic E-state index is 5.10. The SMILES string of the molecule is COCCCn1c(C(C)C)nc2cccnc21. The summed E-state index contributed by atoms with van der Waals surface area (Å²) in [6.07, 6.45) is 2.80. The normalized spacial score (nSPS) is 11.5. The number of methoxy groups -OCH3 is 1. The van der Waals surface area contributed by atoms with Gasteiger partial charge < -0.3 is 9.30 Å². The lowest BCUT2D eigenvalue weighted by Gasteiger charge is -2.10. The monoisotopic (exact) mass is 233 g/mol. The largest absolute Gasteiger partial charge is 0.385 e. The van der Waals surface area contributed by atoms with Crippen LogP contribution in [-0.2, 0) is 11.3 Å². The molecule has 0 aromatic carbocycles. The molecule has 0 unspecified atom stereocenters. The first-order valence-corrected chi connectivity index (χ1v) is 6.04. The third-order valence-corrected chi connectivity index (χ3v) is 2.78. The van der Waals surface area contributed by atoms with Crippen LogP contribution in [0.4, 0.5) is 0 Å². The smallest absolute Gasteiger partial charge is 0.159 e. The van der Waals surface area contributed by atoms with Crippen molar-refractivity contribution >= 4 is 11.2 Å². The fourth-order valence-corrected chi connectivity index (χ4v) is 2.00. The van der Waals surface area contributed by atoms with E-state index in [0.717, 1.165) is 36.6 Å². The van der Waals surface area contributed by atoms with Crippen LogP contribution in [0.1, 0.15) is 32.0 Å². The molecule has 0 saturated carbocycles. The Bertz CT molecular complexity index is 490. The molecule has 0 radical (unpaired) electrons. The molecule has 0 amide bonds. The topological polar surface area (TPSA) is 39.9 Å². The summed E-state index contributed by atoms with van der Waals surface area (Å²) in [7, 11) is 1.73. The van der Waals surface area contributed by atoms with Crippen LogP contribution < -0.4 is 0 Å². The summed E-state index contributed by atoms with van der Waals surface area (Å²) in [4.78, 5) is 9.07. The highest BCUT2D eigenvalue weighted by Crippen LogP contribution is 2.20. The minimum Gasteiger partial charge on any atom is -0.385 e. The molecule has 4 nitrogen and oxygen atoms in total. The van der Waals surface area contributed by atoms with Gasteiger partial charge in [-0.3, -0.25) is 0 Å². The van der Waals surface area contributed by atoms with Gasteiger partial charge in [0.15, 0.2) is 5.65 Å². The predicted molar refractivity (Wildman–Crippen MR) is 68.1 cm³/mol. The minimum absolute atomic E-state index is 0.409. The average Bonchev–Trinajstić information content (AvgIpc) is 2.69. The van der Waals surface area contributed by atoms with Gasteiger partial charge in [0.25, 0.3) is 0 Å². The number of hydrogen-bond donors (Lipinski definition) is 0. The fraction of sp³-hybridized carbons (Fsp3) is 0.538. The highest BCUT2D eigenvalue weighted by molar-refractivity contribution is 5.71. The van der Waals surface area contributed by atoms with Crippen molar-refractivity contribution in [3.05, 3.63) is 24.2 Å². The molecule has 2 rings (SSSR count). The summed E-state index contributed by atoms with van der Waals surface area (Å²) in [5, 5.41) is 0. The van der Waals surface area contributed by atoms with Gasteiger partial charge in [0.2, 0.25) is 0 Å². The first-order valence-electron chi connectivity index (χ1n) is 6.04. The van der Waals surface area contributed by atoms with Crippen LogP contribution in [0.2, 0.25) is 0 Å². The van der Waals surface area contributed by atoms with Crippen LogP contribution in [-0.4, -0.2) is 28.3 Å². The highest BCUT2D eigenvalue weighted by atomic mass is 16.5. The van der Waals surface area contributed by atoms with Gasteiger partial charge in [-0.1, -0.05) is 13.8 Å². The maximum atomic E-state index is 5.10. The summed E-state index contributed by atoms with van der Waals surface area (Å²) in [5.41, 5.74) is 1.96. The standard InChI is InChI=1S/C13H19N3O/c1-10(2)12-15-11-6-4-7-14-13(11)16(12)8-5-9-17-3/h4,6-7,10H,5,8-9H2,1-3H3. The molecule has 4 heteroatoms. The Balaban J connectivity index is 2.37. The predicted octanol–water partition coefficient (Wildman–Crippen LogP) is 2.59. The van der Waals surface area contributed by atoms with Crippen LogP contribution in [0.3, 0.4) is 0 Å². The van der Waals surface area contributed by atoms with E-state index in [0.29, 0.717) is 5.92 Å². The van der Waals surface area contributed by atoms with Crippen molar-refractivity contribution in [1.29, 1.82) is 0 Å². The van der Waals surface area contributed by atoms with E-state index in [1.54, 1.807) is 7.11 Å². The number of nitrogens with zero attached hydrogens (tertiary/aromatic N) is 3. The molecule has 2 heterocycles. The zero-order valence-electron chi connectivity index (χ0n) is 10.7. The van der Waals surface area contributed by atoms with Crippen molar-refractivity contribution in [3.8, 4) is 0 Å². The molecular formula is C13H19N3O. The van der Waals surface area contributed by atoms with Crippen molar-refractivity contribution in [2.45, 2.75) is 32.7 Å². The van der Waals surface area contributed by atoms with Crippen molar-refractivity contribution in [2.75, 3.05) is 13.7 Å². The van der Waals surface area contributed by atoms with E-state index >= 15 is 0 Å². The van der Waals surface area contributed by atoms with E-state index in [1.165, 1.54) is 0 Å². The van der Waals surface area contributed by atoms with E-state index in [2.05, 4.69) is 28.4 Å². The minimum atomic E-state index is 0.409. The molecule has 0 bridgehead atoms. The lowest BCUT2D eigenvalue weighted by Crippen LogP contribution is -2.08. The van der Waals surface area contributed by atoms with Gasteiger partial charge in [-0.15, -0.1) is 0 Å². The number of ether oxygens (including phenoxy) is 1. The molecule has 2 aromatic heterocycles. The van der Waals surface area contributed by atoms with Gasteiger partial charge in [-0.2, -0.15) is 0 Å². The van der Waals surface area contributed by atoms with E-state index in [1.807, 2.05) is 18.3 Å². The average molecular weight is 233 g/mol. The van der Waals surface area contributed by atoms with Crippen molar-refractivity contribution < 1.29 is 4.74 Å². The number of aryl methyl sites for hydroxylation is 1. The van der Waals surface area contributed by atoms with Gasteiger partial charge in [-0.05, 0) is 18.6 Å². The first-order chi connectivity index (χ1) is 8.24. The van der Waals surface area contributed by atoms with Gasteiger partial charge in [0, 0.05) is 32.4 Å². The van der Waals surface area contributed by atoms with Gasteiger partial charge >= 0.3 is 0 Å². The third-order valence-electron chi connectivity index (χ3n) is 2.78. The second-order valence-electron chi connectivity index (χ2n) is 4.47. The zero-order chi connectivity index (χ0) is 12.3. The lowest BCUT2D eigenvalue weighted by atomic mass is 10.2. The third kappa shape index (κ3) is 2.47. The Kier molecular flexibility index (Phi) is 3.74. The second-order valence-corrected chi connectivity index (χ2v) is 4.47. The molecule has 92 valence electrons. The molecule has 0 saturated heterocycles. The molecular weight excluding hydrogens is 214 g/mol. The van der Waals surface area contributed by atoms with Crippen molar-refractivity contribution in [3.63, 3.8) is 0 Å². The molecule has 17 heavy (non-hydrogen) atoms. The van der Waals surface area contributed by atoms with E-state index < -0.39 is 0 Å². The molecule has 0 aliphatic rings. The summed E-state index contributed by atoms with van der Waals surface area (Å²) < 4.78 is 7.31. The van der Waals surface area contributed by atoms with Crippen LogP contribution in [0, 0.1) is 0 Å². The van der Waals surface area contributed by atoms with Crippen LogP contribution in [0.15, 0.2) is 18.3 Å². The Morgan fingerprint density at radius 3 is 2.94 bits per heavy atom. The molecule has 0 fully saturated rings. The van der Waals surface area contributed by atoms with Crippen LogP contribution >= 0.6 is 0 Å². The van der Waals surface area contributed by atoms with Crippen molar-refractivity contribution in [1.82, 2.24) is 14.5 Å². The fourth-order valence-electron chi connectivity index (χ4n) is 2.00. The van der Waals surface area contributed by atoms with E-state index in [9.17, 15) is 0 Å². The van der Waals surface area contributed by atoms with Gasteiger partial charge in [0.1, 0.15) is 11.3 Å². The summed E-state index contributed by atoms with van der Waals surface area (Å²) >= 11 is 0. The quantitative estimate of drug-likeness (QED) is 0.745. The molecule has 0 aliphatic carbocycles. The Hall–Kier alpha value is -1.42. The summed E-state index contributed by atoms with van der Waals surface area (Å²) in [5.74, 6) is 1.52. The molecule has 0 atom stereocenters. The number of aromatic nitrogens is 3. The molecule has 2 aromatic rings. The van der Waals surface area contributed by atoms with Gasteiger partial charge in [-0.25, -0.2) is 9.97 Å². The maximum Gasteiger partial charge on any atom is 0.159 e. The summed E-state index contributed by atoms with van der Waals surface area (Å²) in [6, 6.07) is 3.94. The van der Waals surface area contributed by atoms with E-state index in [4.69, 9.17) is 4.74 Å². The Morgan fingerprint density at radius 1 is 1.41 bits per heavy atom. The van der Waals surface area contributed by atoms with Crippen LogP contribution in [0.5, 0.6) is 0 Å². The highest BCUT2D eigenvalue weighted by Gasteiger charge is 2.13. The molecule has 0 spiro atoms. The number of pyridine rings is 1. The molecule has 0 aliphatic heterocycles. The number of hydrogen-bond acceptors (Lipinski definition) is 3. The number of imidazole rings is 1. The molecule has 0 N–H and O–H groups in total. The first kappa shape index (κ1) is 12.0. The van der Waals surface area contributed by atoms with E-state index in [-0.39, 0.29) is 0 Å². The Labute approximate surface area is 102 Å². The number of fused-ring (bicyclic) bond motifs is 1. The lowest BCUT2D eigenvalue weighted by molar-refractivity contribution is 0.190. The number of rotatable bonds is 5. The van der Waals surface area contributed by atoms with Crippen molar-refractivity contribution in [2.24, 2.45) is 0 Å².